The fourth-order valence-electron chi connectivity index (χ4n) is 4.08. The zero-order valence-corrected chi connectivity index (χ0v) is 19.4. The Labute approximate surface area is 204 Å². The number of carbonyl (C=O) groups excluding carboxylic acids is 1. The molecule has 1 saturated carbocycles. The van der Waals surface area contributed by atoms with Crippen LogP contribution in [0.25, 0.3) is 0 Å². The number of nitrogens with one attached hydrogen (secondary N) is 3. The summed E-state index contributed by atoms with van der Waals surface area (Å²) in [6.45, 7) is 0. The van der Waals surface area contributed by atoms with Crippen molar-refractivity contribution in [3.63, 3.8) is 0 Å². The summed E-state index contributed by atoms with van der Waals surface area (Å²) in [5, 5.41) is 6.17. The zero-order valence-electron chi connectivity index (χ0n) is 17.9. The van der Waals surface area contributed by atoms with E-state index in [1.807, 2.05) is 0 Å². The molecule has 1 aliphatic heterocycles. The van der Waals surface area contributed by atoms with Gasteiger partial charge < -0.3 is 10.6 Å². The normalized spacial score (nSPS) is 20.7. The summed E-state index contributed by atoms with van der Waals surface area (Å²) in [5.74, 6) is -0.869. The molecule has 1 amide bonds. The van der Waals surface area contributed by atoms with Crippen molar-refractivity contribution in [1.82, 2.24) is 10.3 Å². The number of hydrogen-bond donors (Lipinski definition) is 3. The van der Waals surface area contributed by atoms with Crippen molar-refractivity contribution >= 4 is 46.8 Å². The lowest BCUT2D eigenvalue weighted by Crippen LogP contribution is -2.69. The molecule has 6 nitrogen and oxygen atoms in total. The average molecular weight is 512 g/mol. The number of hydrazine groups is 1. The monoisotopic (exact) mass is 511 g/mol. The molecule has 1 unspecified atom stereocenters. The molecule has 3 N–H and O–H groups in total. The van der Waals surface area contributed by atoms with Gasteiger partial charge >= 0.3 is 6.18 Å². The fraction of sp³-hybridized carbons (Fsp3) is 0.304. The number of aliphatic imine (C=N–C) groups is 1. The number of benzene rings is 2. The molecular weight excluding hydrogens is 490 g/mol. The third-order valence-electron chi connectivity index (χ3n) is 5.79. The van der Waals surface area contributed by atoms with Crippen molar-refractivity contribution in [2.45, 2.75) is 43.6 Å². The minimum atomic E-state index is -5.01. The molecule has 34 heavy (non-hydrogen) atoms. The van der Waals surface area contributed by atoms with Crippen LogP contribution in [0, 0.1) is 0 Å². The van der Waals surface area contributed by atoms with E-state index >= 15 is 13.2 Å². The molecule has 0 radical (unpaired) electrons. The number of para-hydroxylation sites is 2. The summed E-state index contributed by atoms with van der Waals surface area (Å²) < 4.78 is 45.3. The Bertz CT molecular complexity index is 1120. The fourth-order valence-corrected chi connectivity index (χ4v) is 4.44. The van der Waals surface area contributed by atoms with Crippen LogP contribution in [0.15, 0.2) is 65.3 Å². The summed E-state index contributed by atoms with van der Waals surface area (Å²) in [4.78, 5) is 17.2. The lowest BCUT2D eigenvalue weighted by Gasteiger charge is -2.46. The van der Waals surface area contributed by atoms with Crippen LogP contribution in [0.3, 0.4) is 0 Å². The van der Waals surface area contributed by atoms with E-state index in [4.69, 9.17) is 23.2 Å². The van der Waals surface area contributed by atoms with Crippen LogP contribution in [0.2, 0.25) is 10.0 Å². The first-order valence-corrected chi connectivity index (χ1v) is 11.4. The number of rotatable bonds is 6. The quantitative estimate of drug-likeness (QED) is 0.446. The molecule has 2 aliphatic rings. The molecule has 180 valence electrons. The van der Waals surface area contributed by atoms with Gasteiger partial charge in [-0.05, 0) is 37.1 Å². The first-order valence-electron chi connectivity index (χ1n) is 10.7. The van der Waals surface area contributed by atoms with E-state index in [1.165, 1.54) is 24.3 Å². The van der Waals surface area contributed by atoms with E-state index < -0.39 is 23.3 Å². The number of nitrogens with zero attached hydrogens (tertiary/aromatic N) is 2. The Hall–Kier alpha value is -2.91. The third kappa shape index (κ3) is 4.67. The molecule has 11 heteroatoms. The summed E-state index contributed by atoms with van der Waals surface area (Å²) in [7, 11) is 0. The van der Waals surface area contributed by atoms with Crippen LogP contribution in [-0.4, -0.2) is 35.1 Å². The van der Waals surface area contributed by atoms with Gasteiger partial charge in [-0.1, -0.05) is 60.3 Å². The van der Waals surface area contributed by atoms with Gasteiger partial charge in [0.1, 0.15) is 6.34 Å². The van der Waals surface area contributed by atoms with E-state index in [-0.39, 0.29) is 27.5 Å². The Morgan fingerprint density at radius 1 is 1.00 bits per heavy atom. The van der Waals surface area contributed by atoms with E-state index in [1.54, 1.807) is 24.3 Å². The van der Waals surface area contributed by atoms with Gasteiger partial charge in [0.2, 0.25) is 0 Å². The van der Waals surface area contributed by atoms with Crippen LogP contribution in [-0.2, 0) is 4.79 Å². The maximum Gasteiger partial charge on any atom is 0.437 e. The molecule has 0 bridgehead atoms. The summed E-state index contributed by atoms with van der Waals surface area (Å²) in [5.41, 5.74) is -0.829. The first kappa shape index (κ1) is 24.2. The lowest BCUT2D eigenvalue weighted by atomic mass is 9.95. The SMILES string of the molecule is O=C(NC1CCCC1)C1=CN=CN(Nc2ccccc2Cl)C1(Nc1ccccc1Cl)C(F)(F)F. The van der Waals surface area contributed by atoms with Gasteiger partial charge in [0.15, 0.2) is 0 Å². The van der Waals surface area contributed by atoms with Crippen LogP contribution in [0.4, 0.5) is 24.5 Å². The summed E-state index contributed by atoms with van der Waals surface area (Å²) >= 11 is 12.4. The Morgan fingerprint density at radius 3 is 2.18 bits per heavy atom. The Morgan fingerprint density at radius 2 is 1.59 bits per heavy atom. The second kappa shape index (κ2) is 9.76. The topological polar surface area (TPSA) is 68.8 Å². The van der Waals surface area contributed by atoms with E-state index in [2.05, 4.69) is 21.1 Å². The number of halogens is 5. The van der Waals surface area contributed by atoms with E-state index in [9.17, 15) is 4.79 Å². The van der Waals surface area contributed by atoms with Crippen LogP contribution in [0.5, 0.6) is 0 Å². The van der Waals surface area contributed by atoms with E-state index in [0.29, 0.717) is 17.9 Å². The summed E-state index contributed by atoms with van der Waals surface area (Å²) in [6, 6.07) is 12.1. The highest BCUT2D eigenvalue weighted by Crippen LogP contribution is 2.44. The highest BCUT2D eigenvalue weighted by Gasteiger charge is 2.64. The predicted molar refractivity (Wildman–Crippen MR) is 128 cm³/mol. The van der Waals surface area contributed by atoms with Crippen LogP contribution < -0.4 is 16.1 Å². The maximum atomic E-state index is 15.1. The highest BCUT2D eigenvalue weighted by atomic mass is 35.5. The smallest absolute Gasteiger partial charge is 0.349 e. The molecule has 4 rings (SSSR count). The number of hydrogen-bond acceptors (Lipinski definition) is 5. The molecule has 1 heterocycles. The largest absolute Gasteiger partial charge is 0.437 e. The number of alkyl halides is 3. The zero-order chi connectivity index (χ0) is 24.3. The third-order valence-corrected chi connectivity index (χ3v) is 6.45. The van der Waals surface area contributed by atoms with Gasteiger partial charge in [-0.2, -0.15) is 13.2 Å². The van der Waals surface area contributed by atoms with Crippen LogP contribution in [0.1, 0.15) is 25.7 Å². The van der Waals surface area contributed by atoms with E-state index in [0.717, 1.165) is 25.4 Å². The predicted octanol–water partition coefficient (Wildman–Crippen LogP) is 5.98. The van der Waals surface area contributed by atoms with Crippen LogP contribution >= 0.6 is 23.2 Å². The molecule has 2 aromatic carbocycles. The second-order valence-corrected chi connectivity index (χ2v) is 8.85. The molecule has 0 saturated heterocycles. The first-order chi connectivity index (χ1) is 16.2. The highest BCUT2D eigenvalue weighted by molar-refractivity contribution is 6.33. The van der Waals surface area contributed by atoms with Gasteiger partial charge in [0.25, 0.3) is 11.6 Å². The maximum absolute atomic E-state index is 15.1. The minimum Gasteiger partial charge on any atom is -0.349 e. The van der Waals surface area contributed by atoms with Crippen molar-refractivity contribution in [2.75, 3.05) is 10.7 Å². The lowest BCUT2D eigenvalue weighted by molar-refractivity contribution is -0.196. The minimum absolute atomic E-state index is 0.0117. The van der Waals surface area contributed by atoms with Gasteiger partial charge in [0.05, 0.1) is 27.0 Å². The van der Waals surface area contributed by atoms with Crippen molar-refractivity contribution in [3.8, 4) is 0 Å². The Kier molecular flexibility index (Phi) is 6.95. The molecular formula is C23H22Cl2F3N5O. The van der Waals surface area contributed by atoms with Gasteiger partial charge in [-0.25, -0.2) is 10.0 Å². The van der Waals surface area contributed by atoms with Gasteiger partial charge in [-0.15, -0.1) is 0 Å². The van der Waals surface area contributed by atoms with Crippen molar-refractivity contribution in [3.05, 3.63) is 70.3 Å². The standard InChI is InChI=1S/C23H22Cl2F3N5O/c24-17-9-3-5-11-19(17)31-22(23(26,27)28)16(21(34)30-15-7-1-2-8-15)13-29-14-33(22)32-20-12-6-4-10-18(20)25/h3-6,9-15,31-32H,1-2,7-8H2,(H,30,34). The van der Waals surface area contributed by atoms with Crippen molar-refractivity contribution in [2.24, 2.45) is 4.99 Å². The summed E-state index contributed by atoms with van der Waals surface area (Å²) in [6.07, 6.45) is 0.0992. The molecule has 0 aromatic heterocycles. The molecule has 1 aliphatic carbocycles. The molecule has 2 aromatic rings. The van der Waals surface area contributed by atoms with Crippen molar-refractivity contribution in [1.29, 1.82) is 0 Å². The molecule has 1 fully saturated rings. The molecule has 1 atom stereocenters. The number of anilines is 2. The second-order valence-electron chi connectivity index (χ2n) is 8.04. The van der Waals surface area contributed by atoms with Gasteiger partial charge in [-0.3, -0.25) is 10.2 Å². The Balaban J connectivity index is 1.82. The molecule has 0 spiro atoms. The average Bonchev–Trinajstić information content (AvgIpc) is 3.30. The van der Waals surface area contributed by atoms with Crippen molar-refractivity contribution < 1.29 is 18.0 Å². The number of carbonyl (C=O) groups is 1. The number of amides is 1. The van der Waals surface area contributed by atoms with Gasteiger partial charge in [0, 0.05) is 12.2 Å².